The predicted octanol–water partition coefficient (Wildman–Crippen LogP) is 2.91. The summed E-state index contributed by atoms with van der Waals surface area (Å²) in [7, 11) is 1.72. The Labute approximate surface area is 108 Å². The Bertz CT molecular complexity index is 490. The third kappa shape index (κ3) is 3.34. The molecule has 2 rings (SSSR count). The van der Waals surface area contributed by atoms with Gasteiger partial charge in [-0.05, 0) is 31.5 Å². The van der Waals surface area contributed by atoms with Crippen molar-refractivity contribution in [1.82, 2.24) is 5.32 Å². The lowest BCUT2D eigenvalue weighted by atomic mass is 10.1. The molecule has 0 radical (unpaired) electrons. The highest BCUT2D eigenvalue weighted by atomic mass is 16.5. The highest BCUT2D eigenvalue weighted by Gasteiger charge is 2.05. The highest BCUT2D eigenvalue weighted by Crippen LogP contribution is 2.23. The van der Waals surface area contributed by atoms with Crippen LogP contribution in [0.2, 0.25) is 0 Å². The molecule has 2 aromatic rings. The Hall–Kier alpha value is -1.32. The van der Waals surface area contributed by atoms with E-state index in [2.05, 4.69) is 36.5 Å². The molecule has 18 heavy (non-hydrogen) atoms. The number of nitrogens with one attached hydrogen (secondary N) is 1. The van der Waals surface area contributed by atoms with Crippen molar-refractivity contribution in [2.75, 3.05) is 26.8 Å². The first-order chi connectivity index (χ1) is 8.81. The van der Waals surface area contributed by atoms with E-state index in [0.717, 1.165) is 43.9 Å². The quantitative estimate of drug-likeness (QED) is 0.764. The van der Waals surface area contributed by atoms with Crippen LogP contribution in [0.1, 0.15) is 17.7 Å². The van der Waals surface area contributed by atoms with Crippen LogP contribution in [0.3, 0.4) is 0 Å². The maximum absolute atomic E-state index is 5.87. The van der Waals surface area contributed by atoms with Gasteiger partial charge in [0.1, 0.15) is 11.3 Å². The summed E-state index contributed by atoms with van der Waals surface area (Å²) in [6.45, 7) is 4.76. The molecule has 0 atom stereocenters. The van der Waals surface area contributed by atoms with E-state index in [-0.39, 0.29) is 0 Å². The van der Waals surface area contributed by atoms with Gasteiger partial charge >= 0.3 is 0 Å². The van der Waals surface area contributed by atoms with Crippen LogP contribution in [-0.2, 0) is 11.2 Å². The zero-order chi connectivity index (χ0) is 12.8. The summed E-state index contributed by atoms with van der Waals surface area (Å²) in [5.41, 5.74) is 2.23. The molecule has 1 aromatic heterocycles. The van der Waals surface area contributed by atoms with Crippen LogP contribution in [0, 0.1) is 6.92 Å². The predicted molar refractivity (Wildman–Crippen MR) is 74.0 cm³/mol. The molecule has 0 spiro atoms. The van der Waals surface area contributed by atoms with Gasteiger partial charge in [-0.25, -0.2) is 0 Å². The Morgan fingerprint density at radius 3 is 2.94 bits per heavy atom. The van der Waals surface area contributed by atoms with Gasteiger partial charge in [0.05, 0.1) is 6.61 Å². The molecule has 1 aromatic carbocycles. The molecule has 0 fully saturated rings. The van der Waals surface area contributed by atoms with Crippen LogP contribution in [0.25, 0.3) is 11.0 Å². The minimum atomic E-state index is 0.768. The molecular formula is C15H21NO2. The van der Waals surface area contributed by atoms with Crippen molar-refractivity contribution < 1.29 is 9.15 Å². The van der Waals surface area contributed by atoms with Gasteiger partial charge in [-0.3, -0.25) is 0 Å². The molecule has 0 saturated carbocycles. The number of ether oxygens (including phenoxy) is 1. The summed E-state index contributed by atoms with van der Waals surface area (Å²) in [6.07, 6.45) is 2.07. The second kappa shape index (κ2) is 6.57. The summed E-state index contributed by atoms with van der Waals surface area (Å²) < 4.78 is 10.9. The first kappa shape index (κ1) is 13.1. The second-order valence-electron chi connectivity index (χ2n) is 4.55. The largest absolute Gasteiger partial charge is 0.461 e. The molecule has 3 heteroatoms. The van der Waals surface area contributed by atoms with Crippen LogP contribution in [0.5, 0.6) is 0 Å². The zero-order valence-electron chi connectivity index (χ0n) is 11.2. The lowest BCUT2D eigenvalue weighted by Gasteiger charge is -2.02. The molecule has 0 unspecified atom stereocenters. The van der Waals surface area contributed by atoms with Gasteiger partial charge in [0.15, 0.2) is 0 Å². The molecule has 1 heterocycles. The Morgan fingerprint density at radius 1 is 1.28 bits per heavy atom. The number of methoxy groups -OCH3 is 1. The van der Waals surface area contributed by atoms with E-state index in [1.165, 1.54) is 10.9 Å². The number of para-hydroxylation sites is 1. The lowest BCUT2D eigenvalue weighted by Crippen LogP contribution is -2.20. The van der Waals surface area contributed by atoms with Gasteiger partial charge in [-0.2, -0.15) is 0 Å². The third-order valence-corrected chi connectivity index (χ3v) is 3.05. The maximum Gasteiger partial charge on any atom is 0.137 e. The molecule has 0 bridgehead atoms. The third-order valence-electron chi connectivity index (χ3n) is 3.05. The van der Waals surface area contributed by atoms with Crippen LogP contribution < -0.4 is 5.32 Å². The molecule has 0 aliphatic heterocycles. The molecular weight excluding hydrogens is 226 g/mol. The Balaban J connectivity index is 1.83. The second-order valence-corrected chi connectivity index (χ2v) is 4.55. The number of hydrogen-bond donors (Lipinski definition) is 1. The van der Waals surface area contributed by atoms with Gasteiger partial charge in [-0.1, -0.05) is 18.2 Å². The van der Waals surface area contributed by atoms with Gasteiger partial charge in [0.25, 0.3) is 0 Å². The Morgan fingerprint density at radius 2 is 2.17 bits per heavy atom. The van der Waals surface area contributed by atoms with Crippen LogP contribution >= 0.6 is 0 Å². The van der Waals surface area contributed by atoms with Crippen molar-refractivity contribution in [3.63, 3.8) is 0 Å². The van der Waals surface area contributed by atoms with Crippen molar-refractivity contribution in [3.05, 3.63) is 35.6 Å². The average molecular weight is 247 g/mol. The number of aryl methyl sites for hydroxylation is 2. The molecule has 1 N–H and O–H groups in total. The van der Waals surface area contributed by atoms with Crippen molar-refractivity contribution in [2.24, 2.45) is 0 Å². The average Bonchev–Trinajstić information content (AvgIpc) is 2.78. The van der Waals surface area contributed by atoms with Crippen molar-refractivity contribution >= 4 is 11.0 Å². The molecule has 3 nitrogen and oxygen atoms in total. The monoisotopic (exact) mass is 247 g/mol. The van der Waals surface area contributed by atoms with Crippen molar-refractivity contribution in [2.45, 2.75) is 19.8 Å². The smallest absolute Gasteiger partial charge is 0.137 e. The van der Waals surface area contributed by atoms with E-state index in [4.69, 9.17) is 9.15 Å². The number of benzene rings is 1. The minimum absolute atomic E-state index is 0.768. The summed E-state index contributed by atoms with van der Waals surface area (Å²) in [4.78, 5) is 0. The number of fused-ring (bicyclic) bond motifs is 1. The number of rotatable bonds is 7. The van der Waals surface area contributed by atoms with E-state index < -0.39 is 0 Å². The van der Waals surface area contributed by atoms with Gasteiger partial charge < -0.3 is 14.5 Å². The van der Waals surface area contributed by atoms with Crippen LogP contribution in [0.15, 0.2) is 28.7 Å². The topological polar surface area (TPSA) is 34.4 Å². The van der Waals surface area contributed by atoms with E-state index >= 15 is 0 Å². The summed E-state index contributed by atoms with van der Waals surface area (Å²) in [5, 5.41) is 4.54. The fourth-order valence-electron chi connectivity index (χ4n) is 2.07. The summed E-state index contributed by atoms with van der Waals surface area (Å²) in [6, 6.07) is 8.41. The summed E-state index contributed by atoms with van der Waals surface area (Å²) >= 11 is 0. The molecule has 0 saturated heterocycles. The highest BCUT2D eigenvalue weighted by molar-refractivity contribution is 5.80. The first-order valence-corrected chi connectivity index (χ1v) is 6.49. The van der Waals surface area contributed by atoms with Crippen molar-refractivity contribution in [3.8, 4) is 0 Å². The minimum Gasteiger partial charge on any atom is -0.461 e. The van der Waals surface area contributed by atoms with Crippen LogP contribution in [-0.4, -0.2) is 26.8 Å². The zero-order valence-corrected chi connectivity index (χ0v) is 11.2. The lowest BCUT2D eigenvalue weighted by molar-refractivity contribution is 0.199. The van der Waals surface area contributed by atoms with E-state index in [1.807, 2.05) is 0 Å². The van der Waals surface area contributed by atoms with E-state index in [9.17, 15) is 0 Å². The fraction of sp³-hybridized carbons (Fsp3) is 0.467. The molecule has 0 aliphatic carbocycles. The first-order valence-electron chi connectivity index (χ1n) is 6.49. The molecule has 0 amide bonds. The molecule has 98 valence electrons. The van der Waals surface area contributed by atoms with Gasteiger partial charge in [-0.15, -0.1) is 0 Å². The number of hydrogen-bond acceptors (Lipinski definition) is 3. The standard InChI is InChI=1S/C15H21NO2/c1-12-5-3-6-13-11-14(18-15(12)13)7-4-8-16-9-10-17-2/h3,5-6,11,16H,4,7-10H2,1-2H3. The summed E-state index contributed by atoms with van der Waals surface area (Å²) in [5.74, 6) is 1.08. The van der Waals surface area contributed by atoms with E-state index in [1.54, 1.807) is 7.11 Å². The molecule has 0 aliphatic rings. The fourth-order valence-corrected chi connectivity index (χ4v) is 2.07. The van der Waals surface area contributed by atoms with Gasteiger partial charge in [0.2, 0.25) is 0 Å². The van der Waals surface area contributed by atoms with Crippen molar-refractivity contribution in [1.29, 1.82) is 0 Å². The number of furan rings is 1. The maximum atomic E-state index is 5.87. The van der Waals surface area contributed by atoms with Gasteiger partial charge in [0, 0.05) is 25.5 Å². The van der Waals surface area contributed by atoms with Crippen LogP contribution in [0.4, 0.5) is 0 Å². The van der Waals surface area contributed by atoms with E-state index in [0.29, 0.717) is 0 Å². The normalized spacial score (nSPS) is 11.2. The Kier molecular flexibility index (Phi) is 4.79. The SMILES string of the molecule is COCCNCCCc1cc2cccc(C)c2o1.